The monoisotopic (exact) mass is 457 g/mol. The Bertz CT molecular complexity index is 1030. The first-order chi connectivity index (χ1) is 15.4. The second-order valence-electron chi connectivity index (χ2n) is 8.86. The topological polar surface area (TPSA) is 81.7 Å². The number of ether oxygens (including phenoxy) is 2. The van der Waals surface area contributed by atoms with E-state index >= 15 is 0 Å². The maximum atomic E-state index is 12.0. The average Bonchev–Trinajstić information content (AvgIpc) is 2.79. The van der Waals surface area contributed by atoms with E-state index in [2.05, 4.69) is 23.5 Å². The number of hydrogen-bond donors (Lipinski definition) is 1. The zero-order chi connectivity index (χ0) is 22.6. The van der Waals surface area contributed by atoms with Gasteiger partial charge in [-0.1, -0.05) is 30.3 Å². The third kappa shape index (κ3) is 6.25. The van der Waals surface area contributed by atoms with E-state index in [0.717, 1.165) is 56.3 Å². The Kier molecular flexibility index (Phi) is 7.04. The molecule has 0 saturated heterocycles. The van der Waals surface area contributed by atoms with Crippen molar-refractivity contribution in [2.45, 2.75) is 63.2 Å². The van der Waals surface area contributed by atoms with Crippen molar-refractivity contribution in [2.24, 2.45) is 0 Å². The van der Waals surface area contributed by atoms with E-state index in [1.807, 2.05) is 30.3 Å². The first-order valence-electron chi connectivity index (χ1n) is 11.3. The predicted octanol–water partition coefficient (Wildman–Crippen LogP) is 3.99. The summed E-state index contributed by atoms with van der Waals surface area (Å²) in [6, 6.07) is 16.5. The van der Waals surface area contributed by atoms with Crippen LogP contribution in [0.15, 0.2) is 48.5 Å². The summed E-state index contributed by atoms with van der Waals surface area (Å²) in [6.07, 6.45) is 6.70. The third-order valence-electron chi connectivity index (χ3n) is 6.19. The van der Waals surface area contributed by atoms with Crippen LogP contribution in [0.4, 0.5) is 0 Å². The maximum absolute atomic E-state index is 12.0. The second kappa shape index (κ2) is 9.94. The molecule has 1 saturated carbocycles. The van der Waals surface area contributed by atoms with E-state index in [0.29, 0.717) is 0 Å². The number of carbonyl (C=O) groups excluding carboxylic acids is 1. The van der Waals surface area contributed by atoms with Crippen LogP contribution in [0.25, 0.3) is 0 Å². The number of amides is 1. The number of benzene rings is 2. The van der Waals surface area contributed by atoms with Crippen molar-refractivity contribution in [3.05, 3.63) is 59.7 Å². The van der Waals surface area contributed by atoms with Gasteiger partial charge in [0.2, 0.25) is 5.91 Å². The molecule has 7 heteroatoms. The molecule has 32 heavy (non-hydrogen) atoms. The van der Waals surface area contributed by atoms with E-state index in [-0.39, 0.29) is 36.3 Å². The molecule has 4 rings (SSSR count). The van der Waals surface area contributed by atoms with E-state index in [9.17, 15) is 13.2 Å². The lowest BCUT2D eigenvalue weighted by Crippen LogP contribution is -2.40. The van der Waals surface area contributed by atoms with Crippen LogP contribution in [-0.2, 0) is 21.1 Å². The molecule has 1 N–H and O–H groups in total. The highest BCUT2D eigenvalue weighted by Crippen LogP contribution is 2.37. The van der Waals surface area contributed by atoms with E-state index in [1.54, 1.807) is 0 Å². The molecule has 1 heterocycles. The zero-order valence-electron chi connectivity index (χ0n) is 18.5. The summed E-state index contributed by atoms with van der Waals surface area (Å²) in [7, 11) is -3.12. The van der Waals surface area contributed by atoms with Gasteiger partial charge in [-0.05, 0) is 67.9 Å². The summed E-state index contributed by atoms with van der Waals surface area (Å²) in [4.78, 5) is 12.0. The molecule has 0 radical (unpaired) electrons. The molecular formula is C25H31NO5S. The lowest BCUT2D eigenvalue weighted by Gasteiger charge is -2.30. The van der Waals surface area contributed by atoms with Crippen molar-refractivity contribution >= 4 is 15.7 Å². The minimum Gasteiger partial charge on any atom is -0.490 e. The number of fused-ring (bicyclic) bond motifs is 1. The number of sulfone groups is 1. The molecule has 2 aliphatic rings. The van der Waals surface area contributed by atoms with Crippen molar-refractivity contribution in [2.75, 3.05) is 12.0 Å². The molecule has 0 spiro atoms. The zero-order valence-corrected chi connectivity index (χ0v) is 19.3. The Balaban J connectivity index is 1.25. The highest BCUT2D eigenvalue weighted by atomic mass is 32.2. The van der Waals surface area contributed by atoms with Crippen LogP contribution in [-0.4, -0.2) is 38.5 Å². The summed E-state index contributed by atoms with van der Waals surface area (Å²) < 4.78 is 34.9. The second-order valence-corrected chi connectivity index (χ2v) is 11.1. The number of hydrogen-bond acceptors (Lipinski definition) is 5. The van der Waals surface area contributed by atoms with Gasteiger partial charge in [0.05, 0.1) is 11.9 Å². The molecule has 0 bridgehead atoms. The van der Waals surface area contributed by atoms with E-state index in [4.69, 9.17) is 9.47 Å². The SMILES string of the molecule is CS(=O)(=O)CCC(=O)NC1CCC(Oc2ccc3c(c2)CCC(c2ccccc2)O3)CC1. The van der Waals surface area contributed by atoms with Gasteiger partial charge in [-0.25, -0.2) is 8.42 Å². The molecule has 0 aromatic heterocycles. The van der Waals surface area contributed by atoms with Gasteiger partial charge in [-0.2, -0.15) is 0 Å². The average molecular weight is 458 g/mol. The van der Waals surface area contributed by atoms with Crippen LogP contribution in [0, 0.1) is 0 Å². The standard InChI is InChI=1S/C25H31NO5S/c1-32(28,29)16-15-25(27)26-20-8-10-21(11-9-20)30-22-12-14-24-19(17-22)7-13-23(31-24)18-5-3-2-4-6-18/h2-6,12,14,17,20-21,23H,7-11,13,15-16H2,1H3,(H,26,27). The Morgan fingerprint density at radius 2 is 1.81 bits per heavy atom. The fourth-order valence-electron chi connectivity index (χ4n) is 4.44. The summed E-state index contributed by atoms with van der Waals surface area (Å²) >= 11 is 0. The highest BCUT2D eigenvalue weighted by molar-refractivity contribution is 7.90. The molecule has 1 fully saturated rings. The minimum atomic E-state index is -3.12. The van der Waals surface area contributed by atoms with Crippen molar-refractivity contribution in [1.29, 1.82) is 0 Å². The van der Waals surface area contributed by atoms with Gasteiger partial charge in [-0.15, -0.1) is 0 Å². The van der Waals surface area contributed by atoms with Crippen molar-refractivity contribution in [3.8, 4) is 11.5 Å². The molecular weight excluding hydrogens is 426 g/mol. The van der Waals surface area contributed by atoms with E-state index in [1.165, 1.54) is 11.1 Å². The fourth-order valence-corrected chi connectivity index (χ4v) is 4.99. The molecule has 1 atom stereocenters. The highest BCUT2D eigenvalue weighted by Gasteiger charge is 2.25. The molecule has 2 aromatic rings. The summed E-state index contributed by atoms with van der Waals surface area (Å²) in [5.74, 6) is 1.50. The largest absolute Gasteiger partial charge is 0.490 e. The quantitative estimate of drug-likeness (QED) is 0.680. The van der Waals surface area contributed by atoms with Gasteiger partial charge in [0, 0.05) is 18.7 Å². The maximum Gasteiger partial charge on any atom is 0.221 e. The lowest BCUT2D eigenvalue weighted by atomic mass is 9.92. The molecule has 1 amide bonds. The summed E-state index contributed by atoms with van der Waals surface area (Å²) in [5, 5.41) is 2.96. The van der Waals surface area contributed by atoms with Crippen LogP contribution in [0.1, 0.15) is 55.8 Å². The van der Waals surface area contributed by atoms with Crippen molar-refractivity contribution < 1.29 is 22.7 Å². The van der Waals surface area contributed by atoms with Gasteiger partial charge in [0.15, 0.2) is 0 Å². The Morgan fingerprint density at radius 1 is 1.06 bits per heavy atom. The number of aryl methyl sites for hydroxylation is 1. The smallest absolute Gasteiger partial charge is 0.221 e. The Hall–Kier alpha value is -2.54. The number of nitrogens with one attached hydrogen (secondary N) is 1. The number of carbonyl (C=O) groups is 1. The van der Waals surface area contributed by atoms with Gasteiger partial charge < -0.3 is 14.8 Å². The first kappa shape index (κ1) is 22.6. The Morgan fingerprint density at radius 3 is 2.53 bits per heavy atom. The minimum absolute atomic E-state index is 0.0254. The van der Waals surface area contributed by atoms with Crippen LogP contribution in [0.5, 0.6) is 11.5 Å². The Labute approximate surface area is 190 Å². The molecule has 1 aliphatic heterocycles. The van der Waals surface area contributed by atoms with Crippen LogP contribution in [0.3, 0.4) is 0 Å². The van der Waals surface area contributed by atoms with Gasteiger partial charge in [0.25, 0.3) is 0 Å². The normalized spacial score (nSPS) is 23.0. The van der Waals surface area contributed by atoms with Crippen molar-refractivity contribution in [1.82, 2.24) is 5.32 Å². The molecule has 172 valence electrons. The third-order valence-corrected chi connectivity index (χ3v) is 7.14. The van der Waals surface area contributed by atoms with Gasteiger partial charge >= 0.3 is 0 Å². The fraction of sp³-hybridized carbons (Fsp3) is 0.480. The van der Waals surface area contributed by atoms with Crippen LogP contribution >= 0.6 is 0 Å². The lowest BCUT2D eigenvalue weighted by molar-refractivity contribution is -0.121. The van der Waals surface area contributed by atoms with Crippen molar-refractivity contribution in [3.63, 3.8) is 0 Å². The number of rotatable bonds is 7. The molecule has 6 nitrogen and oxygen atoms in total. The molecule has 2 aromatic carbocycles. The first-order valence-corrected chi connectivity index (χ1v) is 13.4. The van der Waals surface area contributed by atoms with Gasteiger partial charge in [0.1, 0.15) is 27.4 Å². The molecule has 1 aliphatic carbocycles. The van der Waals surface area contributed by atoms with E-state index < -0.39 is 9.84 Å². The summed E-state index contributed by atoms with van der Waals surface area (Å²) in [5.41, 5.74) is 2.39. The van der Waals surface area contributed by atoms with Gasteiger partial charge in [-0.3, -0.25) is 4.79 Å². The van der Waals surface area contributed by atoms with Crippen LogP contribution < -0.4 is 14.8 Å². The molecule has 1 unspecified atom stereocenters. The summed E-state index contributed by atoms with van der Waals surface area (Å²) in [6.45, 7) is 0. The van der Waals surface area contributed by atoms with Crippen LogP contribution in [0.2, 0.25) is 0 Å². The predicted molar refractivity (Wildman–Crippen MR) is 124 cm³/mol.